The molecule has 0 aliphatic rings. The minimum Gasteiger partial charge on any atom is -0.270 e. The Bertz CT molecular complexity index is 204. The molecule has 0 aromatic carbocycles. The maximum absolute atomic E-state index is 11.1. The van der Waals surface area contributed by atoms with E-state index in [4.69, 9.17) is 4.18 Å². The van der Waals surface area contributed by atoms with Gasteiger partial charge in [-0.3, -0.25) is 4.18 Å². The average molecular weight is 194 g/mol. The maximum Gasteiger partial charge on any atom is 0.269 e. The van der Waals surface area contributed by atoms with Crippen LogP contribution >= 0.6 is 0 Å². The van der Waals surface area contributed by atoms with E-state index in [9.17, 15) is 8.42 Å². The first-order chi connectivity index (χ1) is 5.36. The van der Waals surface area contributed by atoms with E-state index in [1.54, 1.807) is 13.8 Å². The van der Waals surface area contributed by atoms with Gasteiger partial charge in [0.15, 0.2) is 0 Å². The van der Waals surface area contributed by atoms with Crippen LogP contribution in [0, 0.1) is 5.92 Å². The van der Waals surface area contributed by atoms with Gasteiger partial charge in [-0.15, -0.1) is 0 Å². The van der Waals surface area contributed by atoms with Gasteiger partial charge >= 0.3 is 0 Å². The third kappa shape index (κ3) is 4.72. The predicted octanol–water partition coefficient (Wildman–Crippen LogP) is 1.79. The molecule has 0 N–H and O–H groups in total. The molecule has 0 unspecified atom stereocenters. The van der Waals surface area contributed by atoms with Crippen molar-refractivity contribution >= 4 is 10.1 Å². The first-order valence-corrected chi connectivity index (χ1v) is 5.71. The van der Waals surface area contributed by atoms with E-state index in [2.05, 4.69) is 0 Å². The molecule has 0 aliphatic carbocycles. The van der Waals surface area contributed by atoms with Crippen LogP contribution in [0.15, 0.2) is 0 Å². The van der Waals surface area contributed by atoms with Crippen LogP contribution in [-0.4, -0.2) is 20.3 Å². The lowest BCUT2D eigenvalue weighted by Crippen LogP contribution is -2.18. The monoisotopic (exact) mass is 194 g/mol. The van der Waals surface area contributed by atoms with Crippen molar-refractivity contribution in [2.75, 3.05) is 6.61 Å². The number of hydrogen-bond acceptors (Lipinski definition) is 3. The zero-order chi connectivity index (χ0) is 9.78. The minimum atomic E-state index is -3.29. The molecule has 0 rings (SSSR count). The van der Waals surface area contributed by atoms with Gasteiger partial charge < -0.3 is 0 Å². The van der Waals surface area contributed by atoms with Gasteiger partial charge in [-0.1, -0.05) is 13.8 Å². The summed E-state index contributed by atoms with van der Waals surface area (Å²) in [5, 5.41) is -0.440. The second kappa shape index (κ2) is 4.82. The molecule has 0 amide bonds. The summed E-state index contributed by atoms with van der Waals surface area (Å²) in [7, 11) is -3.29. The van der Waals surface area contributed by atoms with E-state index in [1.165, 1.54) is 0 Å². The molecule has 74 valence electrons. The highest BCUT2D eigenvalue weighted by molar-refractivity contribution is 7.87. The van der Waals surface area contributed by atoms with Crippen molar-refractivity contribution in [1.82, 2.24) is 0 Å². The SMILES string of the molecule is CC(C)CCOS(=O)(=O)C(C)C. The Balaban J connectivity index is 3.79. The van der Waals surface area contributed by atoms with E-state index in [0.717, 1.165) is 6.42 Å². The van der Waals surface area contributed by atoms with Crippen molar-refractivity contribution in [2.45, 2.75) is 39.4 Å². The van der Waals surface area contributed by atoms with Gasteiger partial charge in [-0.2, -0.15) is 8.42 Å². The first kappa shape index (κ1) is 11.9. The van der Waals surface area contributed by atoms with Crippen molar-refractivity contribution in [3.8, 4) is 0 Å². The Hall–Kier alpha value is -0.0900. The topological polar surface area (TPSA) is 43.4 Å². The molecule has 0 atom stereocenters. The summed E-state index contributed by atoms with van der Waals surface area (Å²) in [5.74, 6) is 0.479. The van der Waals surface area contributed by atoms with Crippen LogP contribution in [0.5, 0.6) is 0 Å². The quantitative estimate of drug-likeness (QED) is 0.627. The van der Waals surface area contributed by atoms with Crippen molar-refractivity contribution < 1.29 is 12.6 Å². The molecule has 0 bridgehead atoms. The summed E-state index contributed by atoms with van der Waals surface area (Å²) in [6.45, 7) is 7.60. The molecule has 3 nitrogen and oxygen atoms in total. The van der Waals surface area contributed by atoms with E-state index in [0.29, 0.717) is 12.5 Å². The van der Waals surface area contributed by atoms with Crippen LogP contribution in [0.25, 0.3) is 0 Å². The van der Waals surface area contributed by atoms with E-state index >= 15 is 0 Å². The summed E-state index contributed by atoms with van der Waals surface area (Å²) in [5.41, 5.74) is 0. The fourth-order valence-corrected chi connectivity index (χ4v) is 1.14. The molecule has 0 heterocycles. The van der Waals surface area contributed by atoms with Crippen LogP contribution in [-0.2, 0) is 14.3 Å². The fraction of sp³-hybridized carbons (Fsp3) is 1.00. The van der Waals surface area contributed by atoms with Gasteiger partial charge in [-0.25, -0.2) is 0 Å². The normalized spacial score (nSPS) is 12.8. The van der Waals surface area contributed by atoms with E-state index in [1.807, 2.05) is 13.8 Å². The molecule has 0 radical (unpaired) electrons. The zero-order valence-electron chi connectivity index (χ0n) is 8.20. The highest BCUT2D eigenvalue weighted by Gasteiger charge is 2.16. The third-order valence-electron chi connectivity index (χ3n) is 1.52. The summed E-state index contributed by atoms with van der Waals surface area (Å²) < 4.78 is 27.0. The van der Waals surface area contributed by atoms with E-state index in [-0.39, 0.29) is 0 Å². The van der Waals surface area contributed by atoms with Gasteiger partial charge in [0.2, 0.25) is 0 Å². The molecule has 0 aliphatic heterocycles. The van der Waals surface area contributed by atoms with Gasteiger partial charge in [-0.05, 0) is 26.2 Å². The smallest absolute Gasteiger partial charge is 0.269 e. The van der Waals surface area contributed by atoms with Gasteiger partial charge in [0.25, 0.3) is 10.1 Å². The van der Waals surface area contributed by atoms with Crippen LogP contribution in [0.1, 0.15) is 34.1 Å². The minimum absolute atomic E-state index is 0.304. The lowest BCUT2D eigenvalue weighted by atomic mass is 10.2. The second-order valence-electron chi connectivity index (χ2n) is 3.55. The van der Waals surface area contributed by atoms with Crippen molar-refractivity contribution in [2.24, 2.45) is 5.92 Å². The summed E-state index contributed by atoms with van der Waals surface area (Å²) in [4.78, 5) is 0. The molecular weight excluding hydrogens is 176 g/mol. The first-order valence-electron chi connectivity index (χ1n) is 4.24. The molecule has 0 aromatic rings. The highest BCUT2D eigenvalue weighted by atomic mass is 32.2. The Labute approximate surface area is 75.2 Å². The second-order valence-corrected chi connectivity index (χ2v) is 5.71. The third-order valence-corrected chi connectivity index (χ3v) is 3.17. The van der Waals surface area contributed by atoms with Crippen LogP contribution < -0.4 is 0 Å². The fourth-order valence-electron chi connectivity index (χ4n) is 0.536. The highest BCUT2D eigenvalue weighted by Crippen LogP contribution is 2.06. The summed E-state index contributed by atoms with van der Waals surface area (Å²) in [6, 6.07) is 0. The van der Waals surface area contributed by atoms with Gasteiger partial charge in [0.05, 0.1) is 11.9 Å². The number of rotatable bonds is 5. The number of hydrogen-bond donors (Lipinski definition) is 0. The van der Waals surface area contributed by atoms with Crippen molar-refractivity contribution in [3.05, 3.63) is 0 Å². The predicted molar refractivity (Wildman–Crippen MR) is 49.5 cm³/mol. The Morgan fingerprint density at radius 1 is 1.17 bits per heavy atom. The van der Waals surface area contributed by atoms with E-state index < -0.39 is 15.4 Å². The standard InChI is InChI=1S/C8H18O3S/c1-7(2)5-6-11-12(9,10)8(3)4/h7-8H,5-6H2,1-4H3. The zero-order valence-corrected chi connectivity index (χ0v) is 9.02. The molecule has 0 fully saturated rings. The largest absolute Gasteiger partial charge is 0.270 e. The Morgan fingerprint density at radius 2 is 1.67 bits per heavy atom. The molecule has 0 aromatic heterocycles. The molecule has 0 saturated carbocycles. The maximum atomic E-state index is 11.1. The van der Waals surface area contributed by atoms with Crippen LogP contribution in [0.4, 0.5) is 0 Å². The Kier molecular flexibility index (Phi) is 4.78. The molecular formula is C8H18O3S. The molecule has 0 saturated heterocycles. The van der Waals surface area contributed by atoms with Crippen molar-refractivity contribution in [1.29, 1.82) is 0 Å². The average Bonchev–Trinajstić information content (AvgIpc) is 1.85. The molecule has 0 spiro atoms. The van der Waals surface area contributed by atoms with Crippen LogP contribution in [0.2, 0.25) is 0 Å². The summed E-state index contributed by atoms with van der Waals surface area (Å²) in [6.07, 6.45) is 0.784. The van der Waals surface area contributed by atoms with Crippen LogP contribution in [0.3, 0.4) is 0 Å². The van der Waals surface area contributed by atoms with Gasteiger partial charge in [0.1, 0.15) is 0 Å². The van der Waals surface area contributed by atoms with Gasteiger partial charge in [0, 0.05) is 0 Å². The lowest BCUT2D eigenvalue weighted by Gasteiger charge is -2.08. The van der Waals surface area contributed by atoms with Crippen molar-refractivity contribution in [3.63, 3.8) is 0 Å². The molecule has 12 heavy (non-hydrogen) atoms. The lowest BCUT2D eigenvalue weighted by molar-refractivity contribution is 0.289. The Morgan fingerprint density at radius 3 is 2.00 bits per heavy atom. The molecule has 4 heteroatoms. The summed E-state index contributed by atoms with van der Waals surface area (Å²) >= 11 is 0.